The summed E-state index contributed by atoms with van der Waals surface area (Å²) in [7, 11) is 0. The van der Waals surface area contributed by atoms with E-state index in [1.54, 1.807) is 4.57 Å². The zero-order valence-electron chi connectivity index (χ0n) is 15.6. The van der Waals surface area contributed by atoms with Crippen molar-refractivity contribution in [2.75, 3.05) is 26.2 Å². The molecule has 2 aromatic heterocycles. The lowest BCUT2D eigenvalue weighted by Crippen LogP contribution is -2.43. The van der Waals surface area contributed by atoms with E-state index >= 15 is 0 Å². The summed E-state index contributed by atoms with van der Waals surface area (Å²) >= 11 is 0. The summed E-state index contributed by atoms with van der Waals surface area (Å²) in [6.07, 6.45) is 0. The lowest BCUT2D eigenvalue weighted by molar-refractivity contribution is 0.227. The van der Waals surface area contributed by atoms with Gasteiger partial charge in [-0.1, -0.05) is 42.5 Å². The van der Waals surface area contributed by atoms with Crippen LogP contribution in [0.5, 0.6) is 0 Å². The van der Waals surface area contributed by atoms with Gasteiger partial charge in [-0.05, 0) is 17.7 Å². The summed E-state index contributed by atoms with van der Waals surface area (Å²) in [4.78, 5) is 15.6. The van der Waals surface area contributed by atoms with Gasteiger partial charge in [0.05, 0.1) is 24.0 Å². The van der Waals surface area contributed by atoms with Crippen LogP contribution in [0.2, 0.25) is 0 Å². The quantitative estimate of drug-likeness (QED) is 0.586. The molecule has 0 amide bonds. The van der Waals surface area contributed by atoms with Gasteiger partial charge in [0.15, 0.2) is 5.82 Å². The normalized spacial score (nSPS) is 15.4. The number of benzene rings is 2. The summed E-state index contributed by atoms with van der Waals surface area (Å²) < 4.78 is 3.77. The predicted molar refractivity (Wildman–Crippen MR) is 108 cm³/mol. The van der Waals surface area contributed by atoms with Crippen molar-refractivity contribution in [1.82, 2.24) is 29.4 Å². The van der Waals surface area contributed by atoms with Crippen molar-refractivity contribution < 1.29 is 0 Å². The molecule has 2 aromatic carbocycles. The third-order valence-electron chi connectivity index (χ3n) is 5.33. The van der Waals surface area contributed by atoms with Gasteiger partial charge in [0, 0.05) is 26.2 Å². The molecule has 28 heavy (non-hydrogen) atoms. The number of aromatic nitrogens is 4. The molecule has 142 valence electrons. The fourth-order valence-electron chi connectivity index (χ4n) is 3.89. The Bertz CT molecular complexity index is 1170. The van der Waals surface area contributed by atoms with Crippen LogP contribution in [-0.2, 0) is 13.1 Å². The molecular weight excluding hydrogens is 352 g/mol. The van der Waals surface area contributed by atoms with E-state index in [9.17, 15) is 4.79 Å². The van der Waals surface area contributed by atoms with Crippen LogP contribution in [-0.4, -0.2) is 50.2 Å². The average Bonchev–Trinajstić information content (AvgIpc) is 3.16. The van der Waals surface area contributed by atoms with E-state index in [1.165, 1.54) is 0 Å². The Morgan fingerprint density at radius 2 is 1.64 bits per heavy atom. The van der Waals surface area contributed by atoms with Gasteiger partial charge < -0.3 is 5.32 Å². The molecule has 0 radical (unpaired) electrons. The van der Waals surface area contributed by atoms with Crippen LogP contribution in [0.3, 0.4) is 0 Å². The highest BCUT2D eigenvalue weighted by atomic mass is 16.1. The van der Waals surface area contributed by atoms with E-state index in [4.69, 9.17) is 0 Å². The predicted octanol–water partition coefficient (Wildman–Crippen LogP) is 1.50. The minimum absolute atomic E-state index is 0.0342. The monoisotopic (exact) mass is 374 g/mol. The fraction of sp³-hybridized carbons (Fsp3) is 0.286. The van der Waals surface area contributed by atoms with Gasteiger partial charge in [0.25, 0.3) is 5.56 Å². The number of para-hydroxylation sites is 1. The topological polar surface area (TPSA) is 67.5 Å². The van der Waals surface area contributed by atoms with Gasteiger partial charge in [-0.2, -0.15) is 0 Å². The summed E-state index contributed by atoms with van der Waals surface area (Å²) in [6.45, 7) is 5.12. The zero-order valence-corrected chi connectivity index (χ0v) is 15.6. The van der Waals surface area contributed by atoms with Gasteiger partial charge >= 0.3 is 0 Å². The van der Waals surface area contributed by atoms with Gasteiger partial charge in [0.1, 0.15) is 0 Å². The summed E-state index contributed by atoms with van der Waals surface area (Å²) in [5, 5.41) is 13.0. The molecule has 1 aliphatic heterocycles. The molecule has 5 rings (SSSR count). The second-order valence-electron chi connectivity index (χ2n) is 7.17. The maximum Gasteiger partial charge on any atom is 0.263 e. The SMILES string of the molecule is O=c1c2ccccc2n2c(CN3CCNCC3)nnc2n1Cc1ccccc1. The third-order valence-corrected chi connectivity index (χ3v) is 5.33. The molecule has 0 bridgehead atoms. The van der Waals surface area contributed by atoms with Crippen molar-refractivity contribution in [3.8, 4) is 0 Å². The molecule has 7 heteroatoms. The number of rotatable bonds is 4. The highest BCUT2D eigenvalue weighted by Gasteiger charge is 2.19. The third kappa shape index (κ3) is 2.98. The molecule has 1 aliphatic rings. The number of hydrogen-bond acceptors (Lipinski definition) is 5. The first-order valence-corrected chi connectivity index (χ1v) is 9.64. The van der Waals surface area contributed by atoms with Gasteiger partial charge in [-0.3, -0.25) is 18.7 Å². The van der Waals surface area contributed by atoms with Crippen LogP contribution >= 0.6 is 0 Å². The number of fused-ring (bicyclic) bond motifs is 3. The number of nitrogens with one attached hydrogen (secondary N) is 1. The molecule has 0 aliphatic carbocycles. The highest BCUT2D eigenvalue weighted by molar-refractivity contribution is 5.80. The molecule has 1 saturated heterocycles. The Balaban J connectivity index is 1.68. The van der Waals surface area contributed by atoms with Gasteiger partial charge in [-0.25, -0.2) is 0 Å². The van der Waals surface area contributed by atoms with E-state index in [1.807, 2.05) is 59.0 Å². The Morgan fingerprint density at radius 1 is 0.893 bits per heavy atom. The molecule has 0 saturated carbocycles. The second kappa shape index (κ2) is 7.18. The maximum absolute atomic E-state index is 13.2. The first kappa shape index (κ1) is 17.1. The van der Waals surface area contributed by atoms with E-state index in [2.05, 4.69) is 20.4 Å². The largest absolute Gasteiger partial charge is 0.314 e. The van der Waals surface area contributed by atoms with Crippen LogP contribution in [0.25, 0.3) is 16.7 Å². The van der Waals surface area contributed by atoms with E-state index in [0.717, 1.165) is 49.6 Å². The van der Waals surface area contributed by atoms with Crippen LogP contribution < -0.4 is 10.9 Å². The Kier molecular flexibility index (Phi) is 4.38. The molecule has 0 unspecified atom stereocenters. The van der Waals surface area contributed by atoms with Crippen molar-refractivity contribution in [1.29, 1.82) is 0 Å². The van der Waals surface area contributed by atoms with Crippen LogP contribution in [0, 0.1) is 0 Å². The minimum Gasteiger partial charge on any atom is -0.314 e. The number of hydrogen-bond donors (Lipinski definition) is 1. The molecule has 4 aromatic rings. The molecule has 3 heterocycles. The average molecular weight is 374 g/mol. The fourth-order valence-corrected chi connectivity index (χ4v) is 3.89. The maximum atomic E-state index is 13.2. The first-order chi connectivity index (χ1) is 13.8. The number of nitrogens with zero attached hydrogens (tertiary/aromatic N) is 5. The Morgan fingerprint density at radius 3 is 2.46 bits per heavy atom. The van der Waals surface area contributed by atoms with Crippen LogP contribution in [0.4, 0.5) is 0 Å². The molecular formula is C21H22N6O. The van der Waals surface area contributed by atoms with Crippen LogP contribution in [0.15, 0.2) is 59.4 Å². The second-order valence-corrected chi connectivity index (χ2v) is 7.17. The molecule has 1 fully saturated rings. The van der Waals surface area contributed by atoms with Crippen molar-refractivity contribution in [2.24, 2.45) is 0 Å². The lowest BCUT2D eigenvalue weighted by Gasteiger charge is -2.26. The summed E-state index contributed by atoms with van der Waals surface area (Å²) in [5.41, 5.74) is 1.89. The Hall–Kier alpha value is -3.03. The van der Waals surface area contributed by atoms with E-state index in [-0.39, 0.29) is 5.56 Å². The van der Waals surface area contributed by atoms with Crippen molar-refractivity contribution in [3.05, 3.63) is 76.3 Å². The van der Waals surface area contributed by atoms with E-state index in [0.29, 0.717) is 17.7 Å². The van der Waals surface area contributed by atoms with Gasteiger partial charge in [0.2, 0.25) is 5.78 Å². The van der Waals surface area contributed by atoms with E-state index < -0.39 is 0 Å². The highest BCUT2D eigenvalue weighted by Crippen LogP contribution is 2.17. The van der Waals surface area contributed by atoms with Crippen LogP contribution in [0.1, 0.15) is 11.4 Å². The van der Waals surface area contributed by atoms with Crippen molar-refractivity contribution in [2.45, 2.75) is 13.1 Å². The smallest absolute Gasteiger partial charge is 0.263 e. The van der Waals surface area contributed by atoms with Crippen molar-refractivity contribution >= 4 is 16.7 Å². The Labute approximate surface area is 162 Å². The first-order valence-electron chi connectivity index (χ1n) is 9.64. The molecule has 7 nitrogen and oxygen atoms in total. The number of piperazine rings is 1. The summed E-state index contributed by atoms with van der Waals surface area (Å²) in [5.74, 6) is 1.47. The standard InChI is InChI=1S/C21H22N6O/c28-20-17-8-4-5-9-18(17)27-19(15-25-12-10-22-11-13-25)23-24-21(27)26(20)14-16-6-2-1-3-7-16/h1-9,22H,10-15H2. The van der Waals surface area contributed by atoms with Gasteiger partial charge in [-0.15, -0.1) is 10.2 Å². The van der Waals surface area contributed by atoms with Crippen molar-refractivity contribution in [3.63, 3.8) is 0 Å². The molecule has 0 atom stereocenters. The lowest BCUT2D eigenvalue weighted by atomic mass is 10.2. The minimum atomic E-state index is -0.0342. The summed E-state index contributed by atoms with van der Waals surface area (Å²) in [6, 6.07) is 17.7. The molecule has 0 spiro atoms. The zero-order chi connectivity index (χ0) is 18.9. The molecule has 1 N–H and O–H groups in total.